The van der Waals surface area contributed by atoms with Crippen molar-refractivity contribution in [3.63, 3.8) is 0 Å². The molecule has 7 atom stereocenters. The van der Waals surface area contributed by atoms with Gasteiger partial charge in [-0.2, -0.15) is 0 Å². The molecular weight excluding hydrogens is 264 g/mol. The Morgan fingerprint density at radius 2 is 1.82 bits per heavy atom. The normalized spacial score (nSPS) is 54.3. The molecule has 0 aromatic heterocycles. The van der Waals surface area contributed by atoms with Gasteiger partial charge in [-0.3, -0.25) is 0 Å². The summed E-state index contributed by atoms with van der Waals surface area (Å²) in [5.41, 5.74) is 4.28. The second-order valence-electron chi connectivity index (χ2n) is 9.71. The standard InChI is InChI=1S/C22H34/c1-14-8-10-22(5)19-9-11-21(4)16(3)6-7-18(21)17(19)13-15(2)20(22)12-14/h12,15-19H,1,6-11,13H2,2-5H3. The van der Waals surface area contributed by atoms with Gasteiger partial charge in [0.2, 0.25) is 0 Å². The second-order valence-corrected chi connectivity index (χ2v) is 9.71. The van der Waals surface area contributed by atoms with Crippen molar-refractivity contribution in [1.82, 2.24) is 0 Å². The number of rotatable bonds is 0. The first-order chi connectivity index (χ1) is 10.4. The van der Waals surface area contributed by atoms with Gasteiger partial charge in [-0.05, 0) is 85.4 Å². The fraction of sp³-hybridized carbons (Fsp3) is 0.818. The molecule has 0 radical (unpaired) electrons. The number of fused-ring (bicyclic) bond motifs is 5. The lowest BCUT2D eigenvalue weighted by atomic mass is 9.45. The lowest BCUT2D eigenvalue weighted by Crippen LogP contribution is -2.51. The van der Waals surface area contributed by atoms with E-state index < -0.39 is 0 Å². The molecule has 0 aromatic carbocycles. The second kappa shape index (κ2) is 4.74. The van der Waals surface area contributed by atoms with Crippen LogP contribution in [0.5, 0.6) is 0 Å². The maximum atomic E-state index is 4.27. The predicted octanol–water partition coefficient (Wildman–Crippen LogP) is 6.39. The molecule has 0 aliphatic heterocycles. The largest absolute Gasteiger partial charge is 0.0958 e. The Bertz CT molecular complexity index is 526. The van der Waals surface area contributed by atoms with E-state index in [9.17, 15) is 0 Å². The quantitative estimate of drug-likeness (QED) is 0.486. The summed E-state index contributed by atoms with van der Waals surface area (Å²) >= 11 is 0. The first kappa shape index (κ1) is 15.0. The van der Waals surface area contributed by atoms with Crippen molar-refractivity contribution in [2.45, 2.75) is 72.6 Å². The Kier molecular flexibility index (Phi) is 3.24. The summed E-state index contributed by atoms with van der Waals surface area (Å²) in [6.45, 7) is 14.6. The summed E-state index contributed by atoms with van der Waals surface area (Å²) in [6, 6.07) is 0. The van der Waals surface area contributed by atoms with Gasteiger partial charge in [0.25, 0.3) is 0 Å². The van der Waals surface area contributed by atoms with Crippen LogP contribution in [0.3, 0.4) is 0 Å². The van der Waals surface area contributed by atoms with E-state index in [-0.39, 0.29) is 0 Å². The van der Waals surface area contributed by atoms with Gasteiger partial charge < -0.3 is 0 Å². The Morgan fingerprint density at radius 3 is 2.59 bits per heavy atom. The molecule has 0 bridgehead atoms. The van der Waals surface area contributed by atoms with E-state index >= 15 is 0 Å². The number of allylic oxidation sites excluding steroid dienone is 3. The highest BCUT2D eigenvalue weighted by Crippen LogP contribution is 2.67. The minimum Gasteiger partial charge on any atom is -0.0958 e. The van der Waals surface area contributed by atoms with Crippen LogP contribution in [-0.2, 0) is 0 Å². The molecule has 0 N–H and O–H groups in total. The van der Waals surface area contributed by atoms with Gasteiger partial charge in [-0.25, -0.2) is 0 Å². The molecule has 0 nitrogen and oxygen atoms in total. The van der Waals surface area contributed by atoms with Crippen LogP contribution < -0.4 is 0 Å². The lowest BCUT2D eigenvalue weighted by Gasteiger charge is -2.59. The maximum Gasteiger partial charge on any atom is -0.00763 e. The van der Waals surface area contributed by atoms with E-state index in [0.717, 1.165) is 29.6 Å². The average molecular weight is 299 g/mol. The zero-order chi connectivity index (χ0) is 15.7. The third kappa shape index (κ3) is 1.82. The van der Waals surface area contributed by atoms with Gasteiger partial charge >= 0.3 is 0 Å². The van der Waals surface area contributed by atoms with Gasteiger partial charge in [0.1, 0.15) is 0 Å². The smallest absolute Gasteiger partial charge is 0.00763 e. The van der Waals surface area contributed by atoms with Crippen LogP contribution in [0, 0.1) is 40.4 Å². The summed E-state index contributed by atoms with van der Waals surface area (Å²) in [6.07, 6.45) is 12.5. The molecule has 0 amide bonds. The summed E-state index contributed by atoms with van der Waals surface area (Å²) in [5.74, 6) is 4.68. The van der Waals surface area contributed by atoms with Crippen molar-refractivity contribution in [3.8, 4) is 0 Å². The molecule has 4 aliphatic rings. The van der Waals surface area contributed by atoms with Crippen LogP contribution in [0.15, 0.2) is 23.8 Å². The van der Waals surface area contributed by atoms with Crippen LogP contribution in [0.2, 0.25) is 0 Å². The summed E-state index contributed by atoms with van der Waals surface area (Å²) < 4.78 is 0. The monoisotopic (exact) mass is 298 g/mol. The highest BCUT2D eigenvalue weighted by Gasteiger charge is 2.58. The highest BCUT2D eigenvalue weighted by molar-refractivity contribution is 5.34. The van der Waals surface area contributed by atoms with Crippen molar-refractivity contribution in [2.24, 2.45) is 40.4 Å². The number of hydrogen-bond donors (Lipinski definition) is 0. The fourth-order valence-corrected chi connectivity index (χ4v) is 7.33. The van der Waals surface area contributed by atoms with Crippen LogP contribution in [0.25, 0.3) is 0 Å². The molecule has 0 saturated heterocycles. The third-order valence-corrected chi connectivity index (χ3v) is 8.87. The minimum atomic E-state index is 0.483. The third-order valence-electron chi connectivity index (χ3n) is 8.87. The number of hydrogen-bond acceptors (Lipinski definition) is 0. The molecule has 0 aromatic rings. The Hall–Kier alpha value is -0.520. The van der Waals surface area contributed by atoms with E-state index in [0.29, 0.717) is 10.8 Å². The van der Waals surface area contributed by atoms with Gasteiger partial charge in [-0.15, -0.1) is 0 Å². The van der Waals surface area contributed by atoms with E-state index in [2.05, 4.69) is 40.3 Å². The average Bonchev–Trinajstić information content (AvgIpc) is 2.77. The molecule has 0 spiro atoms. The molecule has 3 saturated carbocycles. The predicted molar refractivity (Wildman–Crippen MR) is 94.6 cm³/mol. The van der Waals surface area contributed by atoms with Gasteiger partial charge in [0.15, 0.2) is 0 Å². The minimum absolute atomic E-state index is 0.483. The van der Waals surface area contributed by atoms with Crippen molar-refractivity contribution >= 4 is 0 Å². The molecule has 7 unspecified atom stereocenters. The molecule has 22 heavy (non-hydrogen) atoms. The summed E-state index contributed by atoms with van der Waals surface area (Å²) in [4.78, 5) is 0. The Balaban J connectivity index is 1.73. The lowest BCUT2D eigenvalue weighted by molar-refractivity contribution is -0.0577. The van der Waals surface area contributed by atoms with Crippen molar-refractivity contribution < 1.29 is 0 Å². The SMILES string of the molecule is C=C1C=C2C(C)CC3C(CCC4(C)C(C)CCC34)C2(C)CC1. The molecule has 122 valence electrons. The fourth-order valence-electron chi connectivity index (χ4n) is 7.33. The molecule has 3 fully saturated rings. The molecular formula is C22H34. The molecule has 0 heterocycles. The van der Waals surface area contributed by atoms with Crippen LogP contribution >= 0.6 is 0 Å². The molecule has 4 aliphatic carbocycles. The van der Waals surface area contributed by atoms with Gasteiger partial charge in [0, 0.05) is 0 Å². The summed E-state index contributed by atoms with van der Waals surface area (Å²) in [7, 11) is 0. The topological polar surface area (TPSA) is 0 Å². The molecule has 4 rings (SSSR count). The first-order valence-corrected chi connectivity index (χ1v) is 9.76. The van der Waals surface area contributed by atoms with E-state index in [1.807, 2.05) is 0 Å². The van der Waals surface area contributed by atoms with E-state index in [4.69, 9.17) is 0 Å². The Morgan fingerprint density at radius 1 is 1.05 bits per heavy atom. The zero-order valence-corrected chi connectivity index (χ0v) is 15.1. The summed E-state index contributed by atoms with van der Waals surface area (Å²) in [5, 5.41) is 0. The Labute approximate surface area is 137 Å². The first-order valence-electron chi connectivity index (χ1n) is 9.76. The van der Waals surface area contributed by atoms with Crippen molar-refractivity contribution in [3.05, 3.63) is 23.8 Å². The van der Waals surface area contributed by atoms with Crippen LogP contribution in [0.4, 0.5) is 0 Å². The van der Waals surface area contributed by atoms with E-state index in [1.165, 1.54) is 50.5 Å². The van der Waals surface area contributed by atoms with Crippen molar-refractivity contribution in [1.29, 1.82) is 0 Å². The van der Waals surface area contributed by atoms with Gasteiger partial charge in [-0.1, -0.05) is 51.5 Å². The zero-order valence-electron chi connectivity index (χ0n) is 15.1. The van der Waals surface area contributed by atoms with Gasteiger partial charge in [0.05, 0.1) is 0 Å². The van der Waals surface area contributed by atoms with Crippen molar-refractivity contribution in [2.75, 3.05) is 0 Å². The highest BCUT2D eigenvalue weighted by atomic mass is 14.6. The molecule has 0 heteroatoms. The maximum absolute atomic E-state index is 4.27. The van der Waals surface area contributed by atoms with Crippen LogP contribution in [0.1, 0.15) is 72.6 Å². The van der Waals surface area contributed by atoms with E-state index in [1.54, 1.807) is 5.57 Å². The van der Waals surface area contributed by atoms with Crippen LogP contribution in [-0.4, -0.2) is 0 Å².